The number of rotatable bonds is 0. The molecule has 0 radical (unpaired) electrons. The Balaban J connectivity index is -0.00000000500. The molecule has 0 bridgehead atoms. The summed E-state index contributed by atoms with van der Waals surface area (Å²) in [6.07, 6.45) is 0. The van der Waals surface area contributed by atoms with E-state index in [4.69, 9.17) is 11.8 Å². The van der Waals surface area contributed by atoms with Gasteiger partial charge in [-0.2, -0.15) is 0 Å². The van der Waals surface area contributed by atoms with Crippen LogP contribution < -0.4 is 0 Å². The van der Waals surface area contributed by atoms with Crippen molar-refractivity contribution in [2.24, 2.45) is 0 Å². The number of nitrogens with zero attached hydrogens (tertiary/aromatic N) is 1. The summed E-state index contributed by atoms with van der Waals surface area (Å²) >= 11 is 0. The molecule has 4 heavy (non-hydrogen) atoms. The van der Waals surface area contributed by atoms with Gasteiger partial charge in [-0.1, -0.05) is 0 Å². The average Bonchev–Trinajstić information content (AvgIpc) is 1.00. The van der Waals surface area contributed by atoms with Gasteiger partial charge >= 0.3 is 22.4 Å². The van der Waals surface area contributed by atoms with Crippen LogP contribution >= 0.6 is 0 Å². The molecule has 0 saturated carbocycles. The normalized spacial score (nSPS) is 0.500. The maximum atomic E-state index is 6.25. The van der Waals surface area contributed by atoms with E-state index in [1.807, 2.05) is 0 Å². The van der Waals surface area contributed by atoms with Gasteiger partial charge in [0.25, 0.3) is 0 Å². The summed E-state index contributed by atoms with van der Waals surface area (Å²) in [7, 11) is 0. The summed E-state index contributed by atoms with van der Waals surface area (Å²) in [5.74, 6) is 0. The van der Waals surface area contributed by atoms with Crippen molar-refractivity contribution >= 4 is 0 Å². The molecule has 0 atom stereocenters. The Labute approximate surface area is 51.4 Å². The molecule has 0 aromatic rings. The standard InChI is InChI=1S/CN.Ag.Fe/c1-2;;/q-1;+1;. The quantitative estimate of drug-likeness (QED) is 0.392. The van der Waals surface area contributed by atoms with E-state index in [1.165, 1.54) is 0 Å². The summed E-state index contributed by atoms with van der Waals surface area (Å²) in [5.41, 5.74) is 0. The van der Waals surface area contributed by atoms with Crippen LogP contribution in [0, 0.1) is 11.8 Å². The van der Waals surface area contributed by atoms with E-state index in [0.717, 1.165) is 0 Å². The molecule has 0 unspecified atom stereocenters. The maximum absolute atomic E-state index is 6.25. The summed E-state index contributed by atoms with van der Waals surface area (Å²) < 4.78 is 0. The van der Waals surface area contributed by atoms with E-state index < -0.39 is 0 Å². The van der Waals surface area contributed by atoms with Crippen molar-refractivity contribution in [1.82, 2.24) is 0 Å². The Kier molecular flexibility index (Phi) is 275. The van der Waals surface area contributed by atoms with Crippen molar-refractivity contribution in [2.75, 3.05) is 0 Å². The molecule has 0 aromatic carbocycles. The van der Waals surface area contributed by atoms with Crippen molar-refractivity contribution in [3.05, 3.63) is 6.57 Å². The predicted molar refractivity (Wildman–Crippen MR) is 4.97 cm³/mol. The fourth-order valence-corrected chi connectivity index (χ4v) is 0. The molecular formula is CAgFeN. The SMILES string of the molecule is [Ag+].[C-]#N.[Fe]. The Morgan fingerprint density at radius 1 is 1.25 bits per heavy atom. The van der Waals surface area contributed by atoms with Crippen LogP contribution in [0.4, 0.5) is 0 Å². The van der Waals surface area contributed by atoms with E-state index in [9.17, 15) is 0 Å². The van der Waals surface area contributed by atoms with Crippen molar-refractivity contribution in [1.29, 1.82) is 5.26 Å². The molecule has 0 amide bonds. The summed E-state index contributed by atoms with van der Waals surface area (Å²) in [4.78, 5) is 0. The molecule has 0 rings (SSSR count). The second-order valence-corrected chi connectivity index (χ2v) is 0. The van der Waals surface area contributed by atoms with Gasteiger partial charge in [0.2, 0.25) is 0 Å². The number of hydrogen-bond donors (Lipinski definition) is 0. The van der Waals surface area contributed by atoms with Crippen LogP contribution in [0.1, 0.15) is 0 Å². The van der Waals surface area contributed by atoms with Crippen molar-refractivity contribution in [3.8, 4) is 0 Å². The Morgan fingerprint density at radius 2 is 1.25 bits per heavy atom. The van der Waals surface area contributed by atoms with E-state index in [-0.39, 0.29) is 39.4 Å². The molecular weight excluding hydrogens is 190 g/mol. The van der Waals surface area contributed by atoms with Crippen molar-refractivity contribution in [2.45, 2.75) is 0 Å². The first-order valence-corrected chi connectivity index (χ1v) is 0.224. The molecule has 0 spiro atoms. The van der Waals surface area contributed by atoms with Gasteiger partial charge in [0, 0.05) is 17.1 Å². The third-order valence-electron chi connectivity index (χ3n) is 0. The van der Waals surface area contributed by atoms with E-state index >= 15 is 0 Å². The Bertz CT molecular complexity index is 12.8. The van der Waals surface area contributed by atoms with E-state index in [1.54, 1.807) is 0 Å². The molecule has 0 aliphatic heterocycles. The third kappa shape index (κ3) is 15.0. The Morgan fingerprint density at radius 3 is 1.25 bits per heavy atom. The molecule has 28 valence electrons. The summed E-state index contributed by atoms with van der Waals surface area (Å²) in [6, 6.07) is 0. The molecule has 0 fully saturated rings. The molecule has 0 saturated heterocycles. The predicted octanol–water partition coefficient (Wildman–Crippen LogP) is 0.0914. The second-order valence-electron chi connectivity index (χ2n) is 0. The van der Waals surface area contributed by atoms with Crippen molar-refractivity contribution < 1.29 is 39.4 Å². The fourth-order valence-electron chi connectivity index (χ4n) is 0. The van der Waals surface area contributed by atoms with Gasteiger partial charge in [-0.25, -0.2) is 0 Å². The molecule has 0 aromatic heterocycles. The van der Waals surface area contributed by atoms with Gasteiger partial charge in [-0.15, -0.1) is 0 Å². The van der Waals surface area contributed by atoms with Gasteiger partial charge in [-0.3, -0.25) is 0 Å². The Hall–Kier alpha value is 0.750. The molecule has 0 aliphatic rings. The summed E-state index contributed by atoms with van der Waals surface area (Å²) in [6.45, 7) is 4.75. The van der Waals surface area contributed by atoms with Gasteiger partial charge in [0.15, 0.2) is 0 Å². The van der Waals surface area contributed by atoms with Gasteiger partial charge in [0.05, 0.1) is 0 Å². The van der Waals surface area contributed by atoms with Crippen LogP contribution in [0.3, 0.4) is 0 Å². The second kappa shape index (κ2) is 50.4. The monoisotopic (exact) mass is 189 g/mol. The third-order valence-corrected chi connectivity index (χ3v) is 0. The summed E-state index contributed by atoms with van der Waals surface area (Å²) in [5, 5.41) is 6.25. The smallest absolute Gasteiger partial charge is 0.512 e. The maximum Gasteiger partial charge on any atom is 1.00 e. The molecule has 0 N–H and O–H groups in total. The van der Waals surface area contributed by atoms with Crippen LogP contribution in [-0.4, -0.2) is 0 Å². The van der Waals surface area contributed by atoms with Gasteiger partial charge in [-0.05, 0) is 0 Å². The molecule has 3 heteroatoms. The molecule has 1 nitrogen and oxygen atoms in total. The van der Waals surface area contributed by atoms with E-state index in [0.29, 0.717) is 0 Å². The zero-order valence-corrected chi connectivity index (χ0v) is 4.19. The number of hydrogen-bond acceptors (Lipinski definition) is 1. The fraction of sp³-hybridized carbons (Fsp3) is 0. The van der Waals surface area contributed by atoms with Crippen LogP contribution in [0.5, 0.6) is 0 Å². The first-order valence-electron chi connectivity index (χ1n) is 0.224. The van der Waals surface area contributed by atoms with Crippen molar-refractivity contribution in [3.63, 3.8) is 0 Å². The topological polar surface area (TPSA) is 23.8 Å². The molecule has 0 aliphatic carbocycles. The van der Waals surface area contributed by atoms with E-state index in [2.05, 4.69) is 0 Å². The van der Waals surface area contributed by atoms with Gasteiger partial charge in [0.1, 0.15) is 0 Å². The average molecular weight is 190 g/mol. The molecule has 0 heterocycles. The zero-order chi connectivity index (χ0) is 2.00. The first-order chi connectivity index (χ1) is 1.00. The minimum Gasteiger partial charge on any atom is -0.512 e. The minimum atomic E-state index is 0. The van der Waals surface area contributed by atoms with Gasteiger partial charge < -0.3 is 11.8 Å². The van der Waals surface area contributed by atoms with Crippen LogP contribution in [-0.2, 0) is 39.4 Å². The van der Waals surface area contributed by atoms with Crippen LogP contribution in [0.2, 0.25) is 0 Å². The minimum absolute atomic E-state index is 0. The zero-order valence-electron chi connectivity index (χ0n) is 1.60. The largest absolute Gasteiger partial charge is 1.00 e. The first kappa shape index (κ1) is 21.8. The van der Waals surface area contributed by atoms with Crippen LogP contribution in [0.25, 0.3) is 0 Å². The van der Waals surface area contributed by atoms with Crippen LogP contribution in [0.15, 0.2) is 0 Å².